The second-order valence-corrected chi connectivity index (χ2v) is 5.08. The highest BCUT2D eigenvalue weighted by atomic mass is 16.1. The molecule has 2 nitrogen and oxygen atoms in total. The van der Waals surface area contributed by atoms with Crippen molar-refractivity contribution in [3.8, 4) is 0 Å². The van der Waals surface area contributed by atoms with Gasteiger partial charge in [0.15, 0.2) is 5.78 Å². The largest absolute Gasteiger partial charge is 0.300 e. The van der Waals surface area contributed by atoms with Crippen LogP contribution in [0.2, 0.25) is 0 Å². The summed E-state index contributed by atoms with van der Waals surface area (Å²) < 4.78 is 0. The number of allylic oxidation sites excluding steroid dienone is 2. The zero-order chi connectivity index (χ0) is 10.9. The third-order valence-corrected chi connectivity index (χ3v) is 2.66. The van der Waals surface area contributed by atoms with E-state index in [-0.39, 0.29) is 17.0 Å². The Morgan fingerprint density at radius 2 is 1.93 bits per heavy atom. The van der Waals surface area contributed by atoms with Crippen LogP contribution in [0, 0.1) is 5.41 Å². The molecule has 14 heavy (non-hydrogen) atoms. The minimum atomic E-state index is 0.0709. The van der Waals surface area contributed by atoms with Crippen LogP contribution in [0.4, 0.5) is 0 Å². The lowest BCUT2D eigenvalue weighted by atomic mass is 9.73. The third kappa shape index (κ3) is 2.53. The van der Waals surface area contributed by atoms with Crippen LogP contribution in [0.5, 0.6) is 0 Å². The van der Waals surface area contributed by atoms with E-state index in [9.17, 15) is 9.59 Å². The summed E-state index contributed by atoms with van der Waals surface area (Å²) >= 11 is 0. The van der Waals surface area contributed by atoms with Crippen molar-refractivity contribution in [1.82, 2.24) is 0 Å². The number of ketones is 2. The van der Waals surface area contributed by atoms with Crippen LogP contribution in [-0.4, -0.2) is 11.6 Å². The molecular formula is C12H18O2. The number of Topliss-reactive ketones (excluding diaryl/α,β-unsaturated/α-hetero) is 2. The summed E-state index contributed by atoms with van der Waals surface area (Å²) in [6.07, 6.45) is 1.83. The van der Waals surface area contributed by atoms with Gasteiger partial charge in [0.05, 0.1) is 0 Å². The first-order chi connectivity index (χ1) is 6.32. The minimum absolute atomic E-state index is 0.0709. The lowest BCUT2D eigenvalue weighted by molar-refractivity contribution is -0.121. The van der Waals surface area contributed by atoms with Crippen LogP contribution in [0.15, 0.2) is 11.1 Å². The molecule has 78 valence electrons. The van der Waals surface area contributed by atoms with E-state index in [0.717, 1.165) is 17.6 Å². The SMILES string of the molecule is CC(=O)CC1=C(C)CC(C)(C)CC1=O. The number of hydrogen-bond donors (Lipinski definition) is 0. The summed E-state index contributed by atoms with van der Waals surface area (Å²) in [6.45, 7) is 7.70. The molecule has 2 heteroatoms. The predicted octanol–water partition coefficient (Wildman–Crippen LogP) is 2.67. The molecule has 0 fully saturated rings. The third-order valence-electron chi connectivity index (χ3n) is 2.66. The van der Waals surface area contributed by atoms with Gasteiger partial charge in [0, 0.05) is 18.4 Å². The van der Waals surface area contributed by atoms with Crippen molar-refractivity contribution in [2.75, 3.05) is 0 Å². The highest BCUT2D eigenvalue weighted by Gasteiger charge is 2.31. The summed E-state index contributed by atoms with van der Waals surface area (Å²) in [5.74, 6) is 0.237. The van der Waals surface area contributed by atoms with Crippen LogP contribution in [-0.2, 0) is 9.59 Å². The summed E-state index contributed by atoms with van der Waals surface area (Å²) in [5, 5.41) is 0. The minimum Gasteiger partial charge on any atom is -0.300 e. The van der Waals surface area contributed by atoms with Gasteiger partial charge in [-0.1, -0.05) is 19.4 Å². The molecule has 0 atom stereocenters. The molecule has 1 aliphatic rings. The monoisotopic (exact) mass is 194 g/mol. The first kappa shape index (κ1) is 11.2. The van der Waals surface area contributed by atoms with E-state index in [0.29, 0.717) is 12.8 Å². The summed E-state index contributed by atoms with van der Waals surface area (Å²) in [5.41, 5.74) is 1.93. The molecule has 0 N–H and O–H groups in total. The van der Waals surface area contributed by atoms with Gasteiger partial charge in [0.25, 0.3) is 0 Å². The second-order valence-electron chi connectivity index (χ2n) is 5.08. The maximum atomic E-state index is 11.7. The van der Waals surface area contributed by atoms with Gasteiger partial charge < -0.3 is 0 Å². The van der Waals surface area contributed by atoms with Crippen molar-refractivity contribution in [1.29, 1.82) is 0 Å². The highest BCUT2D eigenvalue weighted by Crippen LogP contribution is 2.37. The topological polar surface area (TPSA) is 34.1 Å². The summed E-state index contributed by atoms with van der Waals surface area (Å²) in [7, 11) is 0. The Hall–Kier alpha value is -0.920. The number of rotatable bonds is 2. The smallest absolute Gasteiger partial charge is 0.159 e. The molecule has 0 unspecified atom stereocenters. The molecular weight excluding hydrogens is 176 g/mol. The molecule has 0 spiro atoms. The zero-order valence-electron chi connectivity index (χ0n) is 9.44. The normalized spacial score (nSPS) is 21.3. The van der Waals surface area contributed by atoms with Gasteiger partial charge in [0.1, 0.15) is 5.78 Å². The predicted molar refractivity (Wildman–Crippen MR) is 56.0 cm³/mol. The van der Waals surface area contributed by atoms with Gasteiger partial charge in [-0.25, -0.2) is 0 Å². The Balaban J connectivity index is 2.93. The summed E-state index contributed by atoms with van der Waals surface area (Å²) in [4.78, 5) is 22.7. The fourth-order valence-electron chi connectivity index (χ4n) is 2.16. The van der Waals surface area contributed by atoms with Gasteiger partial charge in [0.2, 0.25) is 0 Å². The van der Waals surface area contributed by atoms with Gasteiger partial charge in [-0.2, -0.15) is 0 Å². The highest BCUT2D eigenvalue weighted by molar-refractivity contribution is 6.01. The van der Waals surface area contributed by atoms with Crippen molar-refractivity contribution < 1.29 is 9.59 Å². The fraction of sp³-hybridized carbons (Fsp3) is 0.667. The van der Waals surface area contributed by atoms with E-state index >= 15 is 0 Å². The Morgan fingerprint density at radius 1 is 1.36 bits per heavy atom. The van der Waals surface area contributed by atoms with Crippen molar-refractivity contribution in [2.24, 2.45) is 5.41 Å². The van der Waals surface area contributed by atoms with Crippen LogP contribution in [0.3, 0.4) is 0 Å². The van der Waals surface area contributed by atoms with Crippen molar-refractivity contribution in [3.05, 3.63) is 11.1 Å². The molecule has 0 heterocycles. The van der Waals surface area contributed by atoms with Gasteiger partial charge in [-0.05, 0) is 25.7 Å². The molecule has 0 aromatic rings. The molecule has 0 saturated heterocycles. The van der Waals surface area contributed by atoms with Crippen LogP contribution >= 0.6 is 0 Å². The van der Waals surface area contributed by atoms with Gasteiger partial charge in [-0.3, -0.25) is 9.59 Å². The first-order valence-electron chi connectivity index (χ1n) is 5.03. The molecule has 0 saturated carbocycles. The van der Waals surface area contributed by atoms with Crippen molar-refractivity contribution in [2.45, 2.75) is 47.0 Å². The maximum Gasteiger partial charge on any atom is 0.159 e. The average molecular weight is 194 g/mol. The molecule has 0 amide bonds. The van der Waals surface area contributed by atoms with Crippen LogP contribution in [0.1, 0.15) is 47.0 Å². The number of hydrogen-bond acceptors (Lipinski definition) is 2. The zero-order valence-corrected chi connectivity index (χ0v) is 9.44. The lowest BCUT2D eigenvalue weighted by Crippen LogP contribution is -2.25. The average Bonchev–Trinajstić information content (AvgIpc) is 1.94. The van der Waals surface area contributed by atoms with Crippen molar-refractivity contribution in [3.63, 3.8) is 0 Å². The molecule has 0 aromatic heterocycles. The van der Waals surface area contributed by atoms with E-state index in [1.54, 1.807) is 0 Å². The maximum absolute atomic E-state index is 11.7. The number of carbonyl (C=O) groups excluding carboxylic acids is 2. The molecule has 1 aliphatic carbocycles. The quantitative estimate of drug-likeness (QED) is 0.677. The standard InChI is InChI=1S/C12H18O2/c1-8-6-12(3,4)7-11(14)10(8)5-9(2)13/h5-7H2,1-4H3. The Labute approximate surface area is 85.4 Å². The van der Waals surface area contributed by atoms with Crippen LogP contribution < -0.4 is 0 Å². The fourth-order valence-corrected chi connectivity index (χ4v) is 2.16. The molecule has 1 rings (SSSR count). The second kappa shape index (κ2) is 3.68. The van der Waals surface area contributed by atoms with E-state index < -0.39 is 0 Å². The lowest BCUT2D eigenvalue weighted by Gasteiger charge is -2.30. The van der Waals surface area contributed by atoms with E-state index in [1.807, 2.05) is 6.92 Å². The summed E-state index contributed by atoms with van der Waals surface area (Å²) in [6, 6.07) is 0. The van der Waals surface area contributed by atoms with E-state index in [2.05, 4.69) is 13.8 Å². The van der Waals surface area contributed by atoms with Gasteiger partial charge in [-0.15, -0.1) is 0 Å². The van der Waals surface area contributed by atoms with Crippen molar-refractivity contribution >= 4 is 11.6 Å². The van der Waals surface area contributed by atoms with Crippen LogP contribution in [0.25, 0.3) is 0 Å². The molecule has 0 aromatic carbocycles. The first-order valence-corrected chi connectivity index (χ1v) is 5.03. The Bertz CT molecular complexity index is 308. The molecule has 0 radical (unpaired) electrons. The molecule has 0 bridgehead atoms. The van der Waals surface area contributed by atoms with E-state index in [1.165, 1.54) is 6.92 Å². The van der Waals surface area contributed by atoms with E-state index in [4.69, 9.17) is 0 Å². The van der Waals surface area contributed by atoms with Gasteiger partial charge >= 0.3 is 0 Å². The Morgan fingerprint density at radius 3 is 2.36 bits per heavy atom. The Kier molecular flexibility index (Phi) is 2.93. The molecule has 0 aliphatic heterocycles. The number of carbonyl (C=O) groups is 2.